The van der Waals surface area contributed by atoms with E-state index in [1.165, 1.54) is 14.0 Å². The van der Waals surface area contributed by atoms with Gasteiger partial charge in [-0.3, -0.25) is 14.6 Å². The Balaban J connectivity index is 2.53. The number of hydrogen-bond donors (Lipinski definition) is 2. The molecule has 2 N–H and O–H groups in total. The monoisotopic (exact) mass is 274 g/mol. The van der Waals surface area contributed by atoms with E-state index >= 15 is 0 Å². The van der Waals surface area contributed by atoms with E-state index in [4.69, 9.17) is 9.84 Å². The molecule has 20 heavy (non-hydrogen) atoms. The number of hydrogen-bond acceptors (Lipinski definition) is 4. The highest BCUT2D eigenvalue weighted by molar-refractivity contribution is 5.94. The first-order valence-corrected chi connectivity index (χ1v) is 5.96. The lowest BCUT2D eigenvalue weighted by atomic mass is 10.1. The normalized spacial score (nSPS) is 10.3. The zero-order valence-electron chi connectivity index (χ0n) is 11.1. The van der Waals surface area contributed by atoms with Crippen LogP contribution in [-0.4, -0.2) is 29.1 Å². The number of nitrogens with one attached hydrogen (secondary N) is 1. The summed E-state index contributed by atoms with van der Waals surface area (Å²) in [7, 11) is 1.53. The van der Waals surface area contributed by atoms with Gasteiger partial charge in [0.05, 0.1) is 24.7 Å². The van der Waals surface area contributed by atoms with Gasteiger partial charge in [0, 0.05) is 24.1 Å². The van der Waals surface area contributed by atoms with Crippen molar-refractivity contribution in [2.75, 3.05) is 12.4 Å². The van der Waals surface area contributed by atoms with Gasteiger partial charge in [0.2, 0.25) is 5.91 Å². The maximum Gasteiger partial charge on any atom is 0.309 e. The Morgan fingerprint density at radius 2 is 2.10 bits per heavy atom. The molecule has 0 aliphatic heterocycles. The first-order valence-electron chi connectivity index (χ1n) is 5.96. The third kappa shape index (κ3) is 3.03. The topological polar surface area (TPSA) is 88.5 Å². The number of anilines is 1. The average molecular weight is 274 g/mol. The lowest BCUT2D eigenvalue weighted by Crippen LogP contribution is -2.06. The minimum absolute atomic E-state index is 0.150. The van der Waals surface area contributed by atoms with Crippen LogP contribution in [0, 0.1) is 0 Å². The smallest absolute Gasteiger partial charge is 0.309 e. The van der Waals surface area contributed by atoms with Gasteiger partial charge in [-0.25, -0.2) is 0 Å². The third-order valence-corrected chi connectivity index (χ3v) is 2.70. The fourth-order valence-electron chi connectivity index (χ4n) is 1.94. The molecule has 1 amide bonds. The van der Waals surface area contributed by atoms with Gasteiger partial charge < -0.3 is 15.2 Å². The van der Waals surface area contributed by atoms with E-state index < -0.39 is 5.97 Å². The van der Waals surface area contributed by atoms with E-state index in [2.05, 4.69) is 10.3 Å². The third-order valence-electron chi connectivity index (χ3n) is 2.70. The summed E-state index contributed by atoms with van der Waals surface area (Å²) in [6.45, 7) is 1.41. The molecule has 0 spiro atoms. The molecule has 0 saturated carbocycles. The number of nitrogens with zero attached hydrogens (tertiary/aromatic N) is 1. The predicted molar refractivity (Wildman–Crippen MR) is 73.9 cm³/mol. The predicted octanol–water partition coefficient (Wildman–Crippen LogP) is 1.83. The molecule has 1 aromatic heterocycles. The zero-order valence-corrected chi connectivity index (χ0v) is 11.1. The molecule has 0 bridgehead atoms. The van der Waals surface area contributed by atoms with Crippen molar-refractivity contribution in [2.24, 2.45) is 0 Å². The standard InChI is InChI=1S/C14H14N2O4/c1-8(17)15-10-5-12-11(13(6-10)20-2)4-3-9(16-12)7-14(18)19/h3-6H,7H2,1-2H3,(H,15,17)(H,18,19). The van der Waals surface area contributed by atoms with Gasteiger partial charge in [0.15, 0.2) is 0 Å². The Morgan fingerprint density at radius 1 is 1.35 bits per heavy atom. The van der Waals surface area contributed by atoms with E-state index in [-0.39, 0.29) is 12.3 Å². The van der Waals surface area contributed by atoms with Crippen LogP contribution in [0.3, 0.4) is 0 Å². The first kappa shape index (κ1) is 13.8. The van der Waals surface area contributed by atoms with Crippen molar-refractivity contribution in [1.82, 2.24) is 4.98 Å². The van der Waals surface area contributed by atoms with E-state index in [1.54, 1.807) is 24.3 Å². The van der Waals surface area contributed by atoms with Gasteiger partial charge in [0.25, 0.3) is 0 Å². The highest BCUT2D eigenvalue weighted by atomic mass is 16.5. The van der Waals surface area contributed by atoms with E-state index in [0.717, 1.165) is 5.39 Å². The fourth-order valence-corrected chi connectivity index (χ4v) is 1.94. The number of carboxylic acids is 1. The summed E-state index contributed by atoms with van der Waals surface area (Å²) in [5.74, 6) is -0.574. The number of ether oxygens (including phenoxy) is 1. The molecule has 6 nitrogen and oxygen atoms in total. The number of rotatable bonds is 4. The molecule has 2 aromatic rings. The van der Waals surface area contributed by atoms with Crippen LogP contribution < -0.4 is 10.1 Å². The van der Waals surface area contributed by atoms with Crippen molar-refractivity contribution in [2.45, 2.75) is 13.3 Å². The maximum absolute atomic E-state index is 11.1. The molecule has 0 atom stereocenters. The quantitative estimate of drug-likeness (QED) is 0.888. The number of fused-ring (bicyclic) bond motifs is 1. The SMILES string of the molecule is COc1cc(NC(C)=O)cc2nc(CC(=O)O)ccc12. The molecule has 1 aromatic carbocycles. The summed E-state index contributed by atoms with van der Waals surface area (Å²) in [4.78, 5) is 26.1. The lowest BCUT2D eigenvalue weighted by Gasteiger charge is -2.10. The van der Waals surface area contributed by atoms with Crippen molar-refractivity contribution in [3.05, 3.63) is 30.0 Å². The second-order valence-corrected chi connectivity index (χ2v) is 4.30. The number of methoxy groups -OCH3 is 1. The molecule has 0 saturated heterocycles. The number of amides is 1. The van der Waals surface area contributed by atoms with Crippen molar-refractivity contribution < 1.29 is 19.4 Å². The molecule has 1 heterocycles. The van der Waals surface area contributed by atoms with Gasteiger partial charge in [-0.1, -0.05) is 0 Å². The van der Waals surface area contributed by atoms with E-state index in [0.29, 0.717) is 22.6 Å². The Labute approximate surface area is 115 Å². The largest absolute Gasteiger partial charge is 0.496 e. The van der Waals surface area contributed by atoms with Crippen LogP contribution in [0.25, 0.3) is 10.9 Å². The summed E-state index contributed by atoms with van der Waals surface area (Å²) in [6, 6.07) is 6.79. The average Bonchev–Trinajstić information content (AvgIpc) is 2.35. The van der Waals surface area contributed by atoms with Gasteiger partial charge >= 0.3 is 5.97 Å². The van der Waals surface area contributed by atoms with Gasteiger partial charge in [-0.05, 0) is 18.2 Å². The second-order valence-electron chi connectivity index (χ2n) is 4.30. The highest BCUT2D eigenvalue weighted by Gasteiger charge is 2.09. The lowest BCUT2D eigenvalue weighted by molar-refractivity contribution is -0.136. The van der Waals surface area contributed by atoms with Gasteiger partial charge in [-0.2, -0.15) is 0 Å². The Hall–Kier alpha value is -2.63. The number of aliphatic carboxylic acids is 1. The summed E-state index contributed by atoms with van der Waals surface area (Å²) in [6.07, 6.45) is -0.150. The molecule has 0 fully saturated rings. The number of carboxylic acid groups (broad SMARTS) is 1. The van der Waals surface area contributed by atoms with Crippen molar-refractivity contribution in [3.63, 3.8) is 0 Å². The highest BCUT2D eigenvalue weighted by Crippen LogP contribution is 2.29. The van der Waals surface area contributed by atoms with Crippen LogP contribution in [0.15, 0.2) is 24.3 Å². The summed E-state index contributed by atoms with van der Waals surface area (Å²) < 4.78 is 5.26. The molecule has 104 valence electrons. The molecule has 2 rings (SSSR count). The Kier molecular flexibility index (Phi) is 3.84. The maximum atomic E-state index is 11.1. The number of carbonyl (C=O) groups is 2. The van der Waals surface area contributed by atoms with E-state index in [9.17, 15) is 9.59 Å². The summed E-state index contributed by atoms with van der Waals surface area (Å²) in [5, 5.41) is 12.2. The summed E-state index contributed by atoms with van der Waals surface area (Å²) in [5.41, 5.74) is 1.58. The fraction of sp³-hybridized carbons (Fsp3) is 0.214. The minimum Gasteiger partial charge on any atom is -0.496 e. The number of benzene rings is 1. The molecule has 0 unspecified atom stereocenters. The van der Waals surface area contributed by atoms with Gasteiger partial charge in [0.1, 0.15) is 5.75 Å². The van der Waals surface area contributed by atoms with Crippen LogP contribution in [0.2, 0.25) is 0 Å². The molecular formula is C14H14N2O4. The van der Waals surface area contributed by atoms with Crippen LogP contribution >= 0.6 is 0 Å². The van der Waals surface area contributed by atoms with Crippen molar-refractivity contribution in [3.8, 4) is 5.75 Å². The molecule has 6 heteroatoms. The first-order chi connectivity index (χ1) is 9.49. The van der Waals surface area contributed by atoms with Crippen LogP contribution in [0.1, 0.15) is 12.6 Å². The minimum atomic E-state index is -0.943. The molecule has 0 aliphatic carbocycles. The summed E-state index contributed by atoms with van der Waals surface area (Å²) >= 11 is 0. The van der Waals surface area contributed by atoms with E-state index in [1.807, 2.05) is 0 Å². The van der Waals surface area contributed by atoms with Crippen LogP contribution in [0.5, 0.6) is 5.75 Å². The zero-order chi connectivity index (χ0) is 14.7. The number of aromatic nitrogens is 1. The van der Waals surface area contributed by atoms with Crippen LogP contribution in [-0.2, 0) is 16.0 Å². The molecular weight excluding hydrogens is 260 g/mol. The molecule has 0 radical (unpaired) electrons. The number of carbonyl (C=O) groups excluding carboxylic acids is 1. The van der Waals surface area contributed by atoms with Gasteiger partial charge in [-0.15, -0.1) is 0 Å². The second kappa shape index (κ2) is 5.56. The van der Waals surface area contributed by atoms with Crippen molar-refractivity contribution >= 4 is 28.5 Å². The Bertz CT molecular complexity index is 677. The number of pyridine rings is 1. The molecule has 0 aliphatic rings. The van der Waals surface area contributed by atoms with Crippen LogP contribution in [0.4, 0.5) is 5.69 Å². The Morgan fingerprint density at radius 3 is 2.70 bits per heavy atom. The van der Waals surface area contributed by atoms with Crippen molar-refractivity contribution in [1.29, 1.82) is 0 Å².